The normalized spacial score (nSPS) is 14.2. The summed E-state index contributed by atoms with van der Waals surface area (Å²) in [7, 11) is 0. The largest absolute Gasteiger partial charge is 0.490 e. The molecule has 1 aliphatic rings. The first kappa shape index (κ1) is 16.6. The standard InChI is InChI=1S/C20H25NO3/c1-3-23-18-13-16-8-7-15(11-17(16)14-19(18)24-4-2)12-20(22)21-9-5-6-10-21/h7-8,11,13-14H,3-6,9-10,12H2,1-2H3. The topological polar surface area (TPSA) is 38.8 Å². The summed E-state index contributed by atoms with van der Waals surface area (Å²) < 4.78 is 11.4. The van der Waals surface area contributed by atoms with Gasteiger partial charge >= 0.3 is 0 Å². The van der Waals surface area contributed by atoms with Crippen molar-refractivity contribution in [3.63, 3.8) is 0 Å². The number of fused-ring (bicyclic) bond motifs is 1. The zero-order chi connectivity index (χ0) is 16.9. The molecule has 0 N–H and O–H groups in total. The minimum atomic E-state index is 0.225. The van der Waals surface area contributed by atoms with Gasteiger partial charge in [-0.1, -0.05) is 18.2 Å². The van der Waals surface area contributed by atoms with Crippen LogP contribution in [-0.2, 0) is 11.2 Å². The second kappa shape index (κ2) is 7.56. The third-order valence-corrected chi connectivity index (χ3v) is 4.38. The molecule has 2 aromatic carbocycles. The zero-order valence-corrected chi connectivity index (χ0v) is 14.5. The lowest BCUT2D eigenvalue weighted by molar-refractivity contribution is -0.129. The van der Waals surface area contributed by atoms with Crippen molar-refractivity contribution >= 4 is 16.7 Å². The van der Waals surface area contributed by atoms with Crippen LogP contribution in [0.25, 0.3) is 10.8 Å². The van der Waals surface area contributed by atoms with E-state index >= 15 is 0 Å². The Morgan fingerprint density at radius 3 is 2.21 bits per heavy atom. The van der Waals surface area contributed by atoms with Crippen LogP contribution in [0, 0.1) is 0 Å². The summed E-state index contributed by atoms with van der Waals surface area (Å²) in [6, 6.07) is 10.2. The summed E-state index contributed by atoms with van der Waals surface area (Å²) in [6.45, 7) is 6.93. The van der Waals surface area contributed by atoms with E-state index < -0.39 is 0 Å². The van der Waals surface area contributed by atoms with Crippen LogP contribution in [0.3, 0.4) is 0 Å². The molecule has 0 radical (unpaired) electrons. The summed E-state index contributed by atoms with van der Waals surface area (Å²) in [5, 5.41) is 2.17. The van der Waals surface area contributed by atoms with Crippen molar-refractivity contribution in [1.29, 1.82) is 0 Å². The first-order valence-corrected chi connectivity index (χ1v) is 8.81. The van der Waals surface area contributed by atoms with Crippen molar-refractivity contribution in [2.45, 2.75) is 33.1 Å². The monoisotopic (exact) mass is 327 g/mol. The van der Waals surface area contributed by atoms with Gasteiger partial charge in [0.1, 0.15) is 0 Å². The highest BCUT2D eigenvalue weighted by atomic mass is 16.5. The molecular weight excluding hydrogens is 302 g/mol. The molecule has 1 saturated heterocycles. The van der Waals surface area contributed by atoms with Gasteiger partial charge in [0, 0.05) is 13.1 Å². The third-order valence-electron chi connectivity index (χ3n) is 4.38. The van der Waals surface area contributed by atoms with E-state index in [1.54, 1.807) is 0 Å². The smallest absolute Gasteiger partial charge is 0.226 e. The number of carbonyl (C=O) groups is 1. The highest BCUT2D eigenvalue weighted by Crippen LogP contribution is 2.33. The molecule has 24 heavy (non-hydrogen) atoms. The fourth-order valence-electron chi connectivity index (χ4n) is 3.20. The number of rotatable bonds is 6. The first-order valence-electron chi connectivity index (χ1n) is 8.81. The van der Waals surface area contributed by atoms with Gasteiger partial charge in [-0.05, 0) is 55.2 Å². The van der Waals surface area contributed by atoms with Crippen molar-refractivity contribution in [3.05, 3.63) is 35.9 Å². The molecule has 0 atom stereocenters. The molecule has 0 saturated carbocycles. The van der Waals surface area contributed by atoms with E-state index in [0.717, 1.165) is 53.8 Å². The summed E-state index contributed by atoms with van der Waals surface area (Å²) in [5.74, 6) is 1.76. The predicted octanol–water partition coefficient (Wildman–Crippen LogP) is 3.80. The highest BCUT2D eigenvalue weighted by molar-refractivity contribution is 5.88. The minimum absolute atomic E-state index is 0.225. The average molecular weight is 327 g/mol. The third kappa shape index (κ3) is 3.64. The van der Waals surface area contributed by atoms with Gasteiger partial charge in [-0.25, -0.2) is 0 Å². The average Bonchev–Trinajstić information content (AvgIpc) is 3.11. The fraction of sp³-hybridized carbons (Fsp3) is 0.450. The van der Waals surface area contributed by atoms with Gasteiger partial charge in [-0.15, -0.1) is 0 Å². The molecule has 4 nitrogen and oxygen atoms in total. The van der Waals surface area contributed by atoms with Gasteiger partial charge in [0.05, 0.1) is 19.6 Å². The quantitative estimate of drug-likeness (QED) is 0.810. The Hall–Kier alpha value is -2.23. The first-order chi connectivity index (χ1) is 11.7. The van der Waals surface area contributed by atoms with E-state index in [2.05, 4.69) is 12.1 Å². The van der Waals surface area contributed by atoms with Crippen molar-refractivity contribution in [2.24, 2.45) is 0 Å². The Labute approximate surface area is 143 Å². The molecule has 4 heteroatoms. The summed E-state index contributed by atoms with van der Waals surface area (Å²) in [5.41, 5.74) is 1.05. The summed E-state index contributed by atoms with van der Waals surface area (Å²) in [6.07, 6.45) is 2.72. The SMILES string of the molecule is CCOc1cc2ccc(CC(=O)N3CCCC3)cc2cc1OCC. The second-order valence-corrected chi connectivity index (χ2v) is 6.11. The van der Waals surface area contributed by atoms with Crippen molar-refractivity contribution in [2.75, 3.05) is 26.3 Å². The van der Waals surface area contributed by atoms with E-state index in [-0.39, 0.29) is 5.91 Å². The van der Waals surface area contributed by atoms with Gasteiger partial charge < -0.3 is 14.4 Å². The Morgan fingerprint density at radius 2 is 1.58 bits per heavy atom. The molecule has 0 bridgehead atoms. The number of ether oxygens (including phenoxy) is 2. The molecule has 0 aliphatic carbocycles. The highest BCUT2D eigenvalue weighted by Gasteiger charge is 2.18. The van der Waals surface area contributed by atoms with E-state index in [4.69, 9.17) is 9.47 Å². The molecule has 0 aromatic heterocycles. The number of likely N-dealkylation sites (tertiary alicyclic amines) is 1. The lowest BCUT2D eigenvalue weighted by atomic mass is 10.0. The van der Waals surface area contributed by atoms with Gasteiger partial charge in [0.15, 0.2) is 11.5 Å². The molecule has 128 valence electrons. The Morgan fingerprint density at radius 1 is 0.958 bits per heavy atom. The molecular formula is C20H25NO3. The van der Waals surface area contributed by atoms with Crippen LogP contribution in [0.4, 0.5) is 0 Å². The second-order valence-electron chi connectivity index (χ2n) is 6.11. The van der Waals surface area contributed by atoms with E-state index in [0.29, 0.717) is 19.6 Å². The van der Waals surface area contributed by atoms with Crippen molar-refractivity contribution in [3.8, 4) is 11.5 Å². The molecule has 1 heterocycles. The number of amides is 1. The molecule has 2 aromatic rings. The van der Waals surface area contributed by atoms with E-state index in [1.807, 2.05) is 36.9 Å². The van der Waals surface area contributed by atoms with E-state index in [1.165, 1.54) is 0 Å². The fourth-order valence-corrected chi connectivity index (χ4v) is 3.20. The number of nitrogens with zero attached hydrogens (tertiary/aromatic N) is 1. The van der Waals surface area contributed by atoms with E-state index in [9.17, 15) is 4.79 Å². The lowest BCUT2D eigenvalue weighted by Crippen LogP contribution is -2.29. The maximum atomic E-state index is 12.3. The minimum Gasteiger partial charge on any atom is -0.490 e. The maximum Gasteiger partial charge on any atom is 0.226 e. The Kier molecular flexibility index (Phi) is 5.24. The maximum absolute atomic E-state index is 12.3. The number of carbonyl (C=O) groups excluding carboxylic acids is 1. The molecule has 1 fully saturated rings. The van der Waals surface area contributed by atoms with Crippen LogP contribution in [0.2, 0.25) is 0 Å². The molecule has 0 spiro atoms. The number of hydrogen-bond donors (Lipinski definition) is 0. The summed E-state index contributed by atoms with van der Waals surface area (Å²) >= 11 is 0. The molecule has 3 rings (SSSR count). The zero-order valence-electron chi connectivity index (χ0n) is 14.5. The van der Waals surface area contributed by atoms with Gasteiger partial charge in [0.2, 0.25) is 5.91 Å². The summed E-state index contributed by atoms with van der Waals surface area (Å²) in [4.78, 5) is 14.3. The van der Waals surface area contributed by atoms with Crippen LogP contribution < -0.4 is 9.47 Å². The van der Waals surface area contributed by atoms with Crippen LogP contribution in [0.15, 0.2) is 30.3 Å². The van der Waals surface area contributed by atoms with Crippen molar-refractivity contribution < 1.29 is 14.3 Å². The molecule has 0 unspecified atom stereocenters. The van der Waals surface area contributed by atoms with Gasteiger partial charge in [0.25, 0.3) is 0 Å². The van der Waals surface area contributed by atoms with Crippen LogP contribution in [-0.4, -0.2) is 37.1 Å². The van der Waals surface area contributed by atoms with Crippen molar-refractivity contribution in [1.82, 2.24) is 4.90 Å². The van der Waals surface area contributed by atoms with Crippen LogP contribution >= 0.6 is 0 Å². The van der Waals surface area contributed by atoms with Crippen LogP contribution in [0.1, 0.15) is 32.3 Å². The lowest BCUT2D eigenvalue weighted by Gasteiger charge is -2.16. The molecule has 1 aliphatic heterocycles. The van der Waals surface area contributed by atoms with Gasteiger partial charge in [-0.2, -0.15) is 0 Å². The predicted molar refractivity (Wildman–Crippen MR) is 95.8 cm³/mol. The Bertz CT molecular complexity index is 720. The van der Waals surface area contributed by atoms with Gasteiger partial charge in [-0.3, -0.25) is 4.79 Å². The Balaban J connectivity index is 1.86. The molecule has 1 amide bonds. The number of benzene rings is 2. The van der Waals surface area contributed by atoms with Crippen LogP contribution in [0.5, 0.6) is 11.5 Å². The number of hydrogen-bond acceptors (Lipinski definition) is 3.